The molecule has 0 amide bonds. The van der Waals surface area contributed by atoms with Gasteiger partial charge in [0.25, 0.3) is 0 Å². The molecule has 10 heteroatoms. The summed E-state index contributed by atoms with van der Waals surface area (Å²) in [5, 5.41) is -0.748. The van der Waals surface area contributed by atoms with E-state index in [-0.39, 0.29) is 24.8 Å². The summed E-state index contributed by atoms with van der Waals surface area (Å²) >= 11 is 3.12. The highest BCUT2D eigenvalue weighted by atomic mass is 32.2. The minimum absolute atomic E-state index is 0.0149. The topological polar surface area (TPSA) is 52.9 Å². The van der Waals surface area contributed by atoms with Gasteiger partial charge in [-0.3, -0.25) is 0 Å². The van der Waals surface area contributed by atoms with Crippen LogP contribution in [0.15, 0.2) is 46.2 Å². The summed E-state index contributed by atoms with van der Waals surface area (Å²) in [7, 11) is -2.17. The number of hydrogen-bond donors (Lipinski definition) is 2. The highest BCUT2D eigenvalue weighted by Crippen LogP contribution is 2.48. The lowest BCUT2D eigenvalue weighted by atomic mass is 10.0. The van der Waals surface area contributed by atoms with Crippen LogP contribution in [0.4, 0.5) is 24.5 Å². The fourth-order valence-electron chi connectivity index (χ4n) is 3.78. The van der Waals surface area contributed by atoms with Crippen molar-refractivity contribution in [3.8, 4) is 5.75 Å². The molecule has 1 aliphatic heterocycles. The summed E-state index contributed by atoms with van der Waals surface area (Å²) in [6.07, 6.45) is 2.70. The Balaban J connectivity index is 1.97. The average Bonchev–Trinajstić information content (AvgIpc) is 2.99. The maximum atomic E-state index is 13.6. The van der Waals surface area contributed by atoms with Gasteiger partial charge in [0.2, 0.25) is 5.92 Å². The predicted octanol–water partition coefficient (Wildman–Crippen LogP) is 7.69. The third-order valence-corrected chi connectivity index (χ3v) is 9.81. The maximum absolute atomic E-state index is 13.6. The van der Waals surface area contributed by atoms with E-state index in [1.807, 2.05) is 25.3 Å². The van der Waals surface area contributed by atoms with Crippen LogP contribution in [0, 0.1) is 11.7 Å². The van der Waals surface area contributed by atoms with Crippen LogP contribution in [0.5, 0.6) is 5.75 Å². The Morgan fingerprint density at radius 3 is 2.46 bits per heavy atom. The molecule has 1 aliphatic rings. The van der Waals surface area contributed by atoms with Crippen molar-refractivity contribution in [2.75, 3.05) is 30.1 Å². The molecule has 4 nitrogen and oxygen atoms in total. The molecule has 0 spiro atoms. The lowest BCUT2D eigenvalue weighted by Crippen LogP contribution is -2.30. The number of thioether (sulfide) groups is 2. The van der Waals surface area contributed by atoms with E-state index in [4.69, 9.17) is 4.74 Å². The molecule has 35 heavy (non-hydrogen) atoms. The molecule has 0 aromatic heterocycles. The van der Waals surface area contributed by atoms with Gasteiger partial charge in [-0.05, 0) is 75.3 Å². The second-order valence-corrected chi connectivity index (χ2v) is 12.8. The van der Waals surface area contributed by atoms with E-state index in [0.717, 1.165) is 28.1 Å². The number of ether oxygens (including phenoxy) is 1. The zero-order valence-electron chi connectivity index (χ0n) is 20.4. The lowest BCUT2D eigenvalue weighted by Gasteiger charge is -2.30. The van der Waals surface area contributed by atoms with Gasteiger partial charge in [-0.2, -0.15) is 0 Å². The fraction of sp³-hybridized carbons (Fsp3) is 0.520. The van der Waals surface area contributed by atoms with Crippen LogP contribution < -0.4 is 9.64 Å². The average molecular weight is 548 g/mol. The quantitative estimate of drug-likeness (QED) is 0.235. The molecule has 0 saturated heterocycles. The molecule has 2 N–H and O–H groups in total. The Hall–Kier alpha value is -1.12. The number of fused-ring (bicyclic) bond motifs is 1. The molecule has 0 unspecified atom stereocenters. The molecule has 3 rings (SSSR count). The van der Waals surface area contributed by atoms with Gasteiger partial charge < -0.3 is 19.4 Å². The number of anilines is 2. The number of hydrogen-bond acceptors (Lipinski definition) is 6. The van der Waals surface area contributed by atoms with Crippen molar-refractivity contribution >= 4 is 43.3 Å². The molecule has 2 aromatic carbocycles. The summed E-state index contributed by atoms with van der Waals surface area (Å²) in [6.45, 7) is 5.35. The van der Waals surface area contributed by atoms with Crippen LogP contribution in [-0.2, 0) is 0 Å². The van der Waals surface area contributed by atoms with Crippen LogP contribution >= 0.6 is 31.9 Å². The Bertz CT molecular complexity index is 991. The summed E-state index contributed by atoms with van der Waals surface area (Å²) in [5.41, 5.74) is 1.72. The van der Waals surface area contributed by atoms with E-state index in [2.05, 4.69) is 4.90 Å². The van der Waals surface area contributed by atoms with E-state index >= 15 is 0 Å². The van der Waals surface area contributed by atoms with Gasteiger partial charge in [0.1, 0.15) is 18.2 Å². The third kappa shape index (κ3) is 7.45. The van der Waals surface area contributed by atoms with Gasteiger partial charge in [-0.1, -0.05) is 6.92 Å². The van der Waals surface area contributed by atoms with Crippen LogP contribution in [0.1, 0.15) is 40.0 Å². The van der Waals surface area contributed by atoms with Crippen molar-refractivity contribution in [1.29, 1.82) is 0 Å². The molecular formula is C25H33F3NO3PS2. The highest BCUT2D eigenvalue weighted by Gasteiger charge is 2.33. The molecule has 194 valence electrons. The van der Waals surface area contributed by atoms with Gasteiger partial charge in [-0.15, -0.1) is 23.5 Å². The third-order valence-electron chi connectivity index (χ3n) is 6.36. The van der Waals surface area contributed by atoms with Gasteiger partial charge >= 0.3 is 0 Å². The van der Waals surface area contributed by atoms with Crippen molar-refractivity contribution in [3.05, 3.63) is 42.2 Å². The van der Waals surface area contributed by atoms with E-state index in [0.29, 0.717) is 30.9 Å². The molecule has 0 aliphatic carbocycles. The number of alkyl halides is 2. The first-order chi connectivity index (χ1) is 16.5. The number of rotatable bonds is 10. The first-order valence-corrected chi connectivity index (χ1v) is 15.0. The van der Waals surface area contributed by atoms with Crippen LogP contribution in [0.2, 0.25) is 0 Å². The van der Waals surface area contributed by atoms with Crippen molar-refractivity contribution in [2.45, 2.75) is 60.9 Å². The fourth-order valence-corrected chi connectivity index (χ4v) is 5.98. The largest absolute Gasteiger partial charge is 0.491 e. The Labute approximate surface area is 215 Å². The van der Waals surface area contributed by atoms with E-state index in [9.17, 15) is 23.0 Å². The van der Waals surface area contributed by atoms with Crippen molar-refractivity contribution in [3.63, 3.8) is 0 Å². The molecular weight excluding hydrogens is 514 g/mol. The molecule has 0 fully saturated rings. The Kier molecular flexibility index (Phi) is 9.71. The van der Waals surface area contributed by atoms with Crippen molar-refractivity contribution in [1.82, 2.24) is 0 Å². The van der Waals surface area contributed by atoms with Crippen LogP contribution in [0.3, 0.4) is 0 Å². The number of benzene rings is 2. The molecule has 0 radical (unpaired) electrons. The SMILES string of the molecule is CC[C@@](C)(COc1cc2c(cc1SC)N(c1ccc(F)cc1)C[C@@H](CCC(C)(F)F)CS2)P(O)O. The number of nitrogens with zero attached hydrogens (tertiary/aromatic N) is 1. The van der Waals surface area contributed by atoms with E-state index in [1.165, 1.54) is 23.9 Å². The first kappa shape index (κ1) is 28.5. The minimum atomic E-state index is -2.72. The Morgan fingerprint density at radius 2 is 1.89 bits per heavy atom. The zero-order chi connectivity index (χ0) is 25.8. The standard InChI is InChI=1S/C25H33F3NO3PS2/c1-5-24(2,33(30)31)16-32-21-13-22-20(12-23(21)34-4)29(19-8-6-18(26)7-9-19)14-17(15-35-22)10-11-25(3,27)28/h6-9,12-13,17,30-31H,5,10-11,14-16H2,1-4H3/t17-,24+/m1/s1. The normalized spacial score (nSPS) is 18.2. The summed E-state index contributed by atoms with van der Waals surface area (Å²) in [6, 6.07) is 10.2. The second kappa shape index (κ2) is 12.0. The monoisotopic (exact) mass is 547 g/mol. The van der Waals surface area contributed by atoms with Gasteiger partial charge in [0.05, 0.1) is 15.7 Å². The smallest absolute Gasteiger partial charge is 0.245 e. The first-order valence-electron chi connectivity index (χ1n) is 11.5. The summed E-state index contributed by atoms with van der Waals surface area (Å²) in [5.74, 6) is -1.72. The van der Waals surface area contributed by atoms with E-state index in [1.54, 1.807) is 30.8 Å². The highest BCUT2D eigenvalue weighted by molar-refractivity contribution is 7.99. The molecule has 2 aromatic rings. The van der Waals surface area contributed by atoms with Gasteiger partial charge in [0, 0.05) is 29.3 Å². The van der Waals surface area contributed by atoms with Crippen molar-refractivity contribution in [2.24, 2.45) is 5.92 Å². The van der Waals surface area contributed by atoms with Crippen LogP contribution in [0.25, 0.3) is 0 Å². The van der Waals surface area contributed by atoms with Crippen molar-refractivity contribution < 1.29 is 27.7 Å². The number of halogens is 3. The summed E-state index contributed by atoms with van der Waals surface area (Å²) in [4.78, 5) is 23.6. The van der Waals surface area contributed by atoms with Crippen LogP contribution in [-0.4, -0.2) is 46.0 Å². The lowest BCUT2D eigenvalue weighted by molar-refractivity contribution is 0.00771. The summed E-state index contributed by atoms with van der Waals surface area (Å²) < 4.78 is 47.0. The minimum Gasteiger partial charge on any atom is -0.491 e. The Morgan fingerprint density at radius 1 is 1.20 bits per heavy atom. The molecule has 1 heterocycles. The molecule has 0 bridgehead atoms. The molecule has 0 saturated carbocycles. The van der Waals surface area contributed by atoms with Gasteiger partial charge in [-0.25, -0.2) is 13.2 Å². The predicted molar refractivity (Wildman–Crippen MR) is 141 cm³/mol. The second-order valence-electron chi connectivity index (χ2n) is 9.27. The van der Waals surface area contributed by atoms with Gasteiger partial charge in [0.15, 0.2) is 8.38 Å². The zero-order valence-corrected chi connectivity index (χ0v) is 23.0. The maximum Gasteiger partial charge on any atom is 0.245 e. The van der Waals surface area contributed by atoms with E-state index < -0.39 is 19.5 Å². The molecule has 2 atom stereocenters.